The summed E-state index contributed by atoms with van der Waals surface area (Å²) in [6, 6.07) is 1.99. The van der Waals surface area contributed by atoms with Crippen molar-refractivity contribution in [3.05, 3.63) is 12.4 Å². The summed E-state index contributed by atoms with van der Waals surface area (Å²) in [5, 5.41) is 12.8. The fourth-order valence-electron chi connectivity index (χ4n) is 2.10. The highest BCUT2D eigenvalue weighted by molar-refractivity contribution is 5.48. The van der Waals surface area contributed by atoms with E-state index in [9.17, 15) is 5.11 Å². The molecule has 0 spiro atoms. The SMILES string of the molecule is CCCCNc1cc(N2CCC(O)CC2)ncn1. The maximum atomic E-state index is 9.50. The second kappa shape index (κ2) is 6.54. The van der Waals surface area contributed by atoms with Gasteiger partial charge in [-0.3, -0.25) is 0 Å². The molecule has 5 nitrogen and oxygen atoms in total. The molecule has 2 rings (SSSR count). The second-order valence-corrected chi connectivity index (χ2v) is 4.76. The number of rotatable bonds is 5. The third-order valence-corrected chi connectivity index (χ3v) is 3.28. The Balaban J connectivity index is 1.94. The zero-order valence-corrected chi connectivity index (χ0v) is 11.0. The van der Waals surface area contributed by atoms with E-state index in [1.807, 2.05) is 6.07 Å². The van der Waals surface area contributed by atoms with Crippen LogP contribution in [-0.2, 0) is 0 Å². The van der Waals surface area contributed by atoms with Crippen LogP contribution in [0.4, 0.5) is 11.6 Å². The number of nitrogens with zero attached hydrogens (tertiary/aromatic N) is 3. The minimum atomic E-state index is -0.148. The Morgan fingerprint density at radius 3 is 2.89 bits per heavy atom. The van der Waals surface area contributed by atoms with Gasteiger partial charge in [0.25, 0.3) is 0 Å². The van der Waals surface area contributed by atoms with Crippen LogP contribution in [0, 0.1) is 0 Å². The number of nitrogens with one attached hydrogen (secondary N) is 1. The molecule has 0 unspecified atom stereocenters. The molecule has 1 aliphatic heterocycles. The lowest BCUT2D eigenvalue weighted by molar-refractivity contribution is 0.145. The number of hydrogen-bond donors (Lipinski definition) is 2. The van der Waals surface area contributed by atoms with Crippen molar-refractivity contribution in [1.82, 2.24) is 9.97 Å². The number of aromatic nitrogens is 2. The van der Waals surface area contributed by atoms with Crippen molar-refractivity contribution in [1.29, 1.82) is 0 Å². The Kier molecular flexibility index (Phi) is 4.75. The van der Waals surface area contributed by atoms with E-state index in [1.165, 1.54) is 6.42 Å². The third kappa shape index (κ3) is 3.57. The highest BCUT2D eigenvalue weighted by atomic mass is 16.3. The Morgan fingerprint density at radius 1 is 1.39 bits per heavy atom. The molecule has 5 heteroatoms. The van der Waals surface area contributed by atoms with E-state index in [0.717, 1.165) is 50.5 Å². The van der Waals surface area contributed by atoms with Gasteiger partial charge in [0, 0.05) is 25.7 Å². The quantitative estimate of drug-likeness (QED) is 0.778. The van der Waals surface area contributed by atoms with E-state index in [0.29, 0.717) is 0 Å². The minimum absolute atomic E-state index is 0.148. The molecule has 0 atom stereocenters. The molecule has 100 valence electrons. The van der Waals surface area contributed by atoms with Crippen molar-refractivity contribution in [3.63, 3.8) is 0 Å². The molecule has 1 fully saturated rings. The Hall–Kier alpha value is -1.36. The predicted octanol–water partition coefficient (Wildman–Crippen LogP) is 1.65. The number of piperidine rings is 1. The average Bonchev–Trinajstić information content (AvgIpc) is 2.40. The first kappa shape index (κ1) is 13.1. The van der Waals surface area contributed by atoms with E-state index < -0.39 is 0 Å². The second-order valence-electron chi connectivity index (χ2n) is 4.76. The van der Waals surface area contributed by atoms with E-state index in [2.05, 4.69) is 27.1 Å². The van der Waals surface area contributed by atoms with Crippen molar-refractivity contribution in [2.45, 2.75) is 38.7 Å². The predicted molar refractivity (Wildman–Crippen MR) is 72.9 cm³/mol. The summed E-state index contributed by atoms with van der Waals surface area (Å²) < 4.78 is 0. The highest BCUT2D eigenvalue weighted by Gasteiger charge is 2.18. The van der Waals surface area contributed by atoms with Gasteiger partial charge in [-0.15, -0.1) is 0 Å². The van der Waals surface area contributed by atoms with Crippen LogP contribution in [0.2, 0.25) is 0 Å². The van der Waals surface area contributed by atoms with Crippen molar-refractivity contribution in [3.8, 4) is 0 Å². The van der Waals surface area contributed by atoms with Gasteiger partial charge in [0.2, 0.25) is 0 Å². The summed E-state index contributed by atoms with van der Waals surface area (Å²) in [7, 11) is 0. The first-order valence-electron chi connectivity index (χ1n) is 6.78. The highest BCUT2D eigenvalue weighted by Crippen LogP contribution is 2.19. The Labute approximate surface area is 108 Å². The van der Waals surface area contributed by atoms with Gasteiger partial charge in [-0.1, -0.05) is 13.3 Å². The van der Waals surface area contributed by atoms with E-state index in [1.54, 1.807) is 6.33 Å². The maximum Gasteiger partial charge on any atom is 0.134 e. The lowest BCUT2D eigenvalue weighted by Crippen LogP contribution is -2.36. The number of aliphatic hydroxyl groups excluding tert-OH is 1. The van der Waals surface area contributed by atoms with Crippen LogP contribution >= 0.6 is 0 Å². The average molecular weight is 250 g/mol. The molecule has 0 aromatic carbocycles. The Morgan fingerprint density at radius 2 is 2.17 bits per heavy atom. The minimum Gasteiger partial charge on any atom is -0.393 e. The fraction of sp³-hybridized carbons (Fsp3) is 0.692. The fourth-order valence-corrected chi connectivity index (χ4v) is 2.10. The van der Waals surface area contributed by atoms with Crippen LogP contribution < -0.4 is 10.2 Å². The molecule has 2 heterocycles. The lowest BCUT2D eigenvalue weighted by atomic mass is 10.1. The van der Waals surface area contributed by atoms with Crippen molar-refractivity contribution < 1.29 is 5.11 Å². The van der Waals surface area contributed by atoms with E-state index in [4.69, 9.17) is 0 Å². The first-order chi connectivity index (χ1) is 8.79. The smallest absolute Gasteiger partial charge is 0.134 e. The summed E-state index contributed by atoms with van der Waals surface area (Å²) in [6.45, 7) is 4.86. The molecule has 1 aliphatic rings. The van der Waals surface area contributed by atoms with Crippen LogP contribution in [0.25, 0.3) is 0 Å². The van der Waals surface area contributed by atoms with Gasteiger partial charge < -0.3 is 15.3 Å². The van der Waals surface area contributed by atoms with Gasteiger partial charge in [0.05, 0.1) is 6.10 Å². The number of hydrogen-bond acceptors (Lipinski definition) is 5. The Bertz CT molecular complexity index is 364. The zero-order valence-electron chi connectivity index (χ0n) is 11.0. The molecule has 1 aromatic rings. The van der Waals surface area contributed by atoms with E-state index >= 15 is 0 Å². The van der Waals surface area contributed by atoms with Crippen molar-refractivity contribution >= 4 is 11.6 Å². The summed E-state index contributed by atoms with van der Waals surface area (Å²) in [5.41, 5.74) is 0. The molecule has 2 N–H and O–H groups in total. The van der Waals surface area contributed by atoms with Crippen LogP contribution in [0.5, 0.6) is 0 Å². The molecule has 0 amide bonds. The van der Waals surface area contributed by atoms with Crippen LogP contribution in [0.1, 0.15) is 32.6 Å². The lowest BCUT2D eigenvalue weighted by Gasteiger charge is -2.30. The summed E-state index contributed by atoms with van der Waals surface area (Å²) in [6.07, 6.45) is 5.43. The van der Waals surface area contributed by atoms with E-state index in [-0.39, 0.29) is 6.10 Å². The maximum absolute atomic E-state index is 9.50. The molecule has 0 bridgehead atoms. The monoisotopic (exact) mass is 250 g/mol. The number of unbranched alkanes of at least 4 members (excludes halogenated alkanes) is 1. The molecule has 1 saturated heterocycles. The summed E-state index contributed by atoms with van der Waals surface area (Å²) in [5.74, 6) is 1.84. The van der Waals surface area contributed by atoms with Crippen molar-refractivity contribution in [2.75, 3.05) is 29.9 Å². The normalized spacial score (nSPS) is 16.9. The van der Waals surface area contributed by atoms with Gasteiger partial charge in [0.1, 0.15) is 18.0 Å². The standard InChI is InChI=1S/C13H22N4O/c1-2-3-6-14-12-9-13(16-10-15-12)17-7-4-11(18)5-8-17/h9-11,18H,2-8H2,1H3,(H,14,15,16). The summed E-state index contributed by atoms with van der Waals surface area (Å²) >= 11 is 0. The van der Waals surface area contributed by atoms with Crippen LogP contribution in [0.3, 0.4) is 0 Å². The van der Waals surface area contributed by atoms with Gasteiger partial charge >= 0.3 is 0 Å². The number of aliphatic hydroxyl groups is 1. The van der Waals surface area contributed by atoms with Gasteiger partial charge in [-0.2, -0.15) is 0 Å². The molecule has 0 aliphatic carbocycles. The number of anilines is 2. The molecule has 18 heavy (non-hydrogen) atoms. The molecular weight excluding hydrogens is 228 g/mol. The molecular formula is C13H22N4O. The van der Waals surface area contributed by atoms with Crippen LogP contribution in [0.15, 0.2) is 12.4 Å². The largest absolute Gasteiger partial charge is 0.393 e. The molecule has 0 saturated carbocycles. The first-order valence-corrected chi connectivity index (χ1v) is 6.78. The van der Waals surface area contributed by atoms with Gasteiger partial charge in [-0.05, 0) is 19.3 Å². The van der Waals surface area contributed by atoms with Crippen LogP contribution in [-0.4, -0.2) is 40.8 Å². The molecule has 1 aromatic heterocycles. The van der Waals surface area contributed by atoms with Gasteiger partial charge in [0.15, 0.2) is 0 Å². The third-order valence-electron chi connectivity index (χ3n) is 3.28. The zero-order chi connectivity index (χ0) is 12.8. The summed E-state index contributed by atoms with van der Waals surface area (Å²) in [4.78, 5) is 10.7. The molecule has 0 radical (unpaired) electrons. The van der Waals surface area contributed by atoms with Crippen molar-refractivity contribution in [2.24, 2.45) is 0 Å². The van der Waals surface area contributed by atoms with Gasteiger partial charge in [-0.25, -0.2) is 9.97 Å². The topological polar surface area (TPSA) is 61.3 Å².